The average molecular weight is 399 g/mol. The lowest BCUT2D eigenvalue weighted by atomic mass is 10.0. The molecule has 0 unspecified atom stereocenters. The fourth-order valence-corrected chi connectivity index (χ4v) is 4.48. The lowest BCUT2D eigenvalue weighted by molar-refractivity contribution is -0.116. The number of benzene rings is 1. The zero-order chi connectivity index (χ0) is 19.5. The maximum Gasteiger partial charge on any atom is 0.225 e. The molecule has 1 aliphatic carbocycles. The second-order valence-corrected chi connectivity index (χ2v) is 8.18. The smallest absolute Gasteiger partial charge is 0.225 e. The molecule has 1 amide bonds. The highest BCUT2D eigenvalue weighted by atomic mass is 32.1. The number of hydrogen-bond donors (Lipinski definition) is 1. The van der Waals surface area contributed by atoms with E-state index in [0.717, 1.165) is 23.4 Å². The molecule has 5 nitrogen and oxygen atoms in total. The Morgan fingerprint density at radius 3 is 2.79 bits per heavy atom. The molecule has 1 saturated carbocycles. The minimum atomic E-state index is -0.274. The Bertz CT molecular complexity index is 957. The van der Waals surface area contributed by atoms with Crippen molar-refractivity contribution in [3.8, 4) is 16.4 Å². The lowest BCUT2D eigenvalue weighted by Gasteiger charge is -2.09. The SMILES string of the molecule is Cc1cc(NC(=O)CCC2CCCC2)n(-c2nc(-c3ccc(F)cc3)cs2)n1. The van der Waals surface area contributed by atoms with Gasteiger partial charge in [-0.25, -0.2) is 9.37 Å². The van der Waals surface area contributed by atoms with Crippen molar-refractivity contribution in [3.63, 3.8) is 0 Å². The van der Waals surface area contributed by atoms with E-state index >= 15 is 0 Å². The number of hydrogen-bond acceptors (Lipinski definition) is 4. The lowest BCUT2D eigenvalue weighted by Crippen LogP contribution is -2.15. The standard InChI is InChI=1S/C21H23FN4OS/c1-14-12-19(24-20(27)11-6-15-4-2-3-5-15)26(25-14)21-23-18(13-28-21)16-7-9-17(22)10-8-16/h7-10,12-13,15H,2-6,11H2,1H3,(H,24,27). The maximum absolute atomic E-state index is 13.1. The van der Waals surface area contributed by atoms with Crippen LogP contribution >= 0.6 is 11.3 Å². The van der Waals surface area contributed by atoms with Crippen LogP contribution in [0.4, 0.5) is 10.2 Å². The normalized spacial score (nSPS) is 14.5. The third kappa shape index (κ3) is 4.30. The summed E-state index contributed by atoms with van der Waals surface area (Å²) < 4.78 is 14.8. The van der Waals surface area contributed by atoms with Crippen LogP contribution in [0, 0.1) is 18.7 Å². The highest BCUT2D eigenvalue weighted by molar-refractivity contribution is 7.12. The van der Waals surface area contributed by atoms with Gasteiger partial charge in [-0.15, -0.1) is 11.3 Å². The highest BCUT2D eigenvalue weighted by Crippen LogP contribution is 2.29. The van der Waals surface area contributed by atoms with E-state index in [4.69, 9.17) is 0 Å². The van der Waals surface area contributed by atoms with Crippen molar-refractivity contribution in [2.75, 3.05) is 5.32 Å². The molecule has 0 radical (unpaired) electrons. The Hall–Kier alpha value is -2.54. The summed E-state index contributed by atoms with van der Waals surface area (Å²) in [6, 6.07) is 8.10. The fourth-order valence-electron chi connectivity index (χ4n) is 3.69. The van der Waals surface area contributed by atoms with Crippen molar-refractivity contribution >= 4 is 23.1 Å². The van der Waals surface area contributed by atoms with Crippen molar-refractivity contribution in [3.05, 3.63) is 47.2 Å². The van der Waals surface area contributed by atoms with Gasteiger partial charge in [-0.3, -0.25) is 4.79 Å². The predicted molar refractivity (Wildman–Crippen MR) is 109 cm³/mol. The Kier molecular flexibility index (Phi) is 5.52. The first-order valence-corrected chi connectivity index (χ1v) is 10.5. The molecule has 0 aliphatic heterocycles. The van der Waals surface area contributed by atoms with Crippen molar-refractivity contribution in [1.29, 1.82) is 0 Å². The molecule has 7 heteroatoms. The molecule has 1 N–H and O–H groups in total. The van der Waals surface area contributed by atoms with Crippen LogP contribution in [0.1, 0.15) is 44.2 Å². The Labute approximate surface area is 167 Å². The Morgan fingerprint density at radius 2 is 2.04 bits per heavy atom. The molecular formula is C21H23FN4OS. The molecule has 0 saturated heterocycles. The summed E-state index contributed by atoms with van der Waals surface area (Å²) in [5, 5.41) is 10.0. The van der Waals surface area contributed by atoms with Crippen LogP contribution < -0.4 is 5.32 Å². The van der Waals surface area contributed by atoms with Crippen LogP contribution in [-0.4, -0.2) is 20.7 Å². The summed E-state index contributed by atoms with van der Waals surface area (Å²) in [5.74, 6) is 1.07. The van der Waals surface area contributed by atoms with E-state index < -0.39 is 0 Å². The molecule has 2 aromatic heterocycles. The third-order valence-electron chi connectivity index (χ3n) is 5.17. The van der Waals surface area contributed by atoms with Gasteiger partial charge in [-0.2, -0.15) is 9.78 Å². The monoisotopic (exact) mass is 398 g/mol. The summed E-state index contributed by atoms with van der Waals surface area (Å²) in [7, 11) is 0. The zero-order valence-corrected chi connectivity index (χ0v) is 16.6. The maximum atomic E-state index is 13.1. The number of anilines is 1. The number of thiazole rings is 1. The number of amides is 1. The fraction of sp³-hybridized carbons (Fsp3) is 0.381. The Balaban J connectivity index is 1.48. The molecule has 1 aromatic carbocycles. The van der Waals surface area contributed by atoms with Gasteiger partial charge in [0, 0.05) is 23.4 Å². The Morgan fingerprint density at radius 1 is 1.29 bits per heavy atom. The van der Waals surface area contributed by atoms with Crippen LogP contribution in [0.3, 0.4) is 0 Å². The number of aromatic nitrogens is 3. The summed E-state index contributed by atoms with van der Waals surface area (Å²) in [6.45, 7) is 1.89. The van der Waals surface area contributed by atoms with E-state index in [1.165, 1.54) is 49.2 Å². The number of aryl methyl sites for hydroxylation is 1. The quantitative estimate of drug-likeness (QED) is 0.609. The number of halogens is 1. The molecule has 0 bridgehead atoms. The summed E-state index contributed by atoms with van der Waals surface area (Å²) in [5.41, 5.74) is 2.41. The van der Waals surface area contributed by atoms with Gasteiger partial charge in [0.25, 0.3) is 0 Å². The molecule has 3 aromatic rings. The van der Waals surface area contributed by atoms with E-state index in [1.54, 1.807) is 16.8 Å². The molecular weight excluding hydrogens is 375 g/mol. The van der Waals surface area contributed by atoms with Gasteiger partial charge in [-0.1, -0.05) is 25.7 Å². The summed E-state index contributed by atoms with van der Waals surface area (Å²) in [4.78, 5) is 17.0. The number of nitrogens with zero attached hydrogens (tertiary/aromatic N) is 3. The molecule has 1 fully saturated rings. The van der Waals surface area contributed by atoms with Gasteiger partial charge in [0.05, 0.1) is 11.4 Å². The van der Waals surface area contributed by atoms with Gasteiger partial charge in [0.1, 0.15) is 11.6 Å². The molecule has 1 aliphatic rings. The van der Waals surface area contributed by atoms with E-state index in [9.17, 15) is 9.18 Å². The topological polar surface area (TPSA) is 59.8 Å². The molecule has 0 atom stereocenters. The van der Waals surface area contributed by atoms with E-state index in [0.29, 0.717) is 23.3 Å². The second kappa shape index (κ2) is 8.22. The van der Waals surface area contributed by atoms with Crippen molar-refractivity contribution in [2.45, 2.75) is 45.4 Å². The summed E-state index contributed by atoms with van der Waals surface area (Å²) in [6.07, 6.45) is 6.56. The number of carbonyl (C=O) groups excluding carboxylic acids is 1. The van der Waals surface area contributed by atoms with E-state index in [2.05, 4.69) is 15.4 Å². The van der Waals surface area contributed by atoms with E-state index in [-0.39, 0.29) is 11.7 Å². The molecule has 0 spiro atoms. The number of rotatable bonds is 6. The first-order valence-electron chi connectivity index (χ1n) is 9.67. The molecule has 2 heterocycles. The highest BCUT2D eigenvalue weighted by Gasteiger charge is 2.18. The van der Waals surface area contributed by atoms with Crippen LogP contribution in [0.2, 0.25) is 0 Å². The van der Waals surface area contributed by atoms with Crippen LogP contribution in [0.25, 0.3) is 16.4 Å². The second-order valence-electron chi connectivity index (χ2n) is 7.34. The third-order valence-corrected chi connectivity index (χ3v) is 5.98. The molecule has 28 heavy (non-hydrogen) atoms. The number of nitrogens with one attached hydrogen (secondary N) is 1. The van der Waals surface area contributed by atoms with Crippen molar-refractivity contribution in [1.82, 2.24) is 14.8 Å². The minimum Gasteiger partial charge on any atom is -0.311 e. The van der Waals surface area contributed by atoms with Crippen molar-refractivity contribution < 1.29 is 9.18 Å². The van der Waals surface area contributed by atoms with Gasteiger partial charge in [0.2, 0.25) is 11.0 Å². The van der Waals surface area contributed by atoms with Gasteiger partial charge in [0.15, 0.2) is 0 Å². The molecule has 4 rings (SSSR count). The van der Waals surface area contributed by atoms with E-state index in [1.807, 2.05) is 18.4 Å². The summed E-state index contributed by atoms with van der Waals surface area (Å²) >= 11 is 1.43. The molecule has 146 valence electrons. The first-order chi connectivity index (χ1) is 13.6. The van der Waals surface area contributed by atoms with Gasteiger partial charge < -0.3 is 5.32 Å². The first kappa shape index (κ1) is 18.8. The van der Waals surface area contributed by atoms with Crippen LogP contribution in [0.15, 0.2) is 35.7 Å². The predicted octanol–water partition coefficient (Wildman–Crippen LogP) is 5.35. The largest absolute Gasteiger partial charge is 0.311 e. The van der Waals surface area contributed by atoms with Crippen LogP contribution in [0.5, 0.6) is 0 Å². The van der Waals surface area contributed by atoms with Crippen LogP contribution in [-0.2, 0) is 4.79 Å². The average Bonchev–Trinajstić information content (AvgIpc) is 3.41. The minimum absolute atomic E-state index is 0.0170. The van der Waals surface area contributed by atoms with Gasteiger partial charge >= 0.3 is 0 Å². The van der Waals surface area contributed by atoms with Crippen molar-refractivity contribution in [2.24, 2.45) is 5.92 Å². The zero-order valence-electron chi connectivity index (χ0n) is 15.8. The number of carbonyl (C=O) groups is 1. The van der Waals surface area contributed by atoms with Gasteiger partial charge in [-0.05, 0) is 43.5 Å².